The first kappa shape index (κ1) is 26.4. The number of para-hydroxylation sites is 1. The van der Waals surface area contributed by atoms with Gasteiger partial charge in [-0.3, -0.25) is 4.79 Å². The highest BCUT2D eigenvalue weighted by atomic mass is 19.4. The first-order valence-corrected chi connectivity index (χ1v) is 11.6. The molecule has 2 heterocycles. The van der Waals surface area contributed by atoms with Crippen molar-refractivity contribution in [1.82, 2.24) is 29.8 Å². The smallest absolute Gasteiger partial charge is 0.453 e. The van der Waals surface area contributed by atoms with Gasteiger partial charge in [0.1, 0.15) is 12.4 Å². The molecule has 0 bridgehead atoms. The number of hydrogen-bond donors (Lipinski definition) is 1. The second-order valence-electron chi connectivity index (χ2n) is 8.17. The molecule has 0 spiro atoms. The van der Waals surface area contributed by atoms with Crippen LogP contribution in [0.15, 0.2) is 24.3 Å². The van der Waals surface area contributed by atoms with E-state index in [4.69, 9.17) is 4.74 Å². The molecule has 0 aliphatic carbocycles. The Morgan fingerprint density at radius 1 is 1.14 bits per heavy atom. The number of alkyl halides is 3. The van der Waals surface area contributed by atoms with Crippen LogP contribution in [0.2, 0.25) is 0 Å². The van der Waals surface area contributed by atoms with Gasteiger partial charge in [0.05, 0.1) is 0 Å². The molecule has 190 valence electrons. The molecule has 3 aromatic rings. The Morgan fingerprint density at radius 2 is 1.86 bits per heavy atom. The predicted octanol–water partition coefficient (Wildman–Crippen LogP) is 3.73. The summed E-state index contributed by atoms with van der Waals surface area (Å²) in [5.41, 5.74) is 2.55. The normalized spacial score (nSPS) is 11.9. The number of halogens is 3. The maximum Gasteiger partial charge on any atom is 0.453 e. The number of aryl methyl sites for hydroxylation is 2. The summed E-state index contributed by atoms with van der Waals surface area (Å²) in [6.45, 7) is 11.2. The lowest BCUT2D eigenvalue weighted by atomic mass is 10.1. The van der Waals surface area contributed by atoms with E-state index in [1.165, 1.54) is 0 Å². The highest BCUT2D eigenvalue weighted by Crippen LogP contribution is 2.27. The number of hydrogen-bond acceptors (Lipinski definition) is 6. The molecule has 0 saturated heterocycles. The van der Waals surface area contributed by atoms with Gasteiger partial charge in [-0.15, -0.1) is 5.10 Å². The number of nitrogens with one attached hydrogen (secondary N) is 1. The van der Waals surface area contributed by atoms with Crippen LogP contribution in [-0.4, -0.2) is 56.6 Å². The van der Waals surface area contributed by atoms with Gasteiger partial charge in [0, 0.05) is 36.5 Å². The van der Waals surface area contributed by atoms with Crippen molar-refractivity contribution in [2.75, 3.05) is 26.2 Å². The lowest BCUT2D eigenvalue weighted by Gasteiger charge is -2.19. The lowest BCUT2D eigenvalue weighted by molar-refractivity contribution is -0.144. The van der Waals surface area contributed by atoms with Gasteiger partial charge in [0.25, 0.3) is 11.6 Å². The molecule has 0 aliphatic heterocycles. The Morgan fingerprint density at radius 3 is 2.54 bits per heavy atom. The summed E-state index contributed by atoms with van der Waals surface area (Å²) >= 11 is 0. The van der Waals surface area contributed by atoms with Gasteiger partial charge in [-0.25, -0.2) is 9.50 Å². The molecular weight excluding hydrogens is 461 g/mol. The molecule has 0 saturated carbocycles. The summed E-state index contributed by atoms with van der Waals surface area (Å²) < 4.78 is 45.9. The number of aromatic nitrogens is 4. The van der Waals surface area contributed by atoms with Crippen molar-refractivity contribution in [3.05, 3.63) is 52.6 Å². The number of amides is 1. The van der Waals surface area contributed by atoms with E-state index in [9.17, 15) is 18.0 Å². The van der Waals surface area contributed by atoms with Gasteiger partial charge in [-0.1, -0.05) is 32.0 Å². The van der Waals surface area contributed by atoms with E-state index in [-0.39, 0.29) is 18.1 Å². The lowest BCUT2D eigenvalue weighted by Crippen LogP contribution is -2.28. The fourth-order valence-electron chi connectivity index (χ4n) is 3.83. The molecule has 1 amide bonds. The molecular formula is C24H31F3N6O2. The zero-order chi connectivity index (χ0) is 25.6. The number of fused-ring (bicyclic) bond motifs is 1. The van der Waals surface area contributed by atoms with E-state index < -0.39 is 12.0 Å². The Balaban J connectivity index is 1.59. The first-order chi connectivity index (χ1) is 16.6. The first-order valence-electron chi connectivity index (χ1n) is 11.6. The third-order valence-electron chi connectivity index (χ3n) is 5.91. The highest BCUT2D eigenvalue weighted by molar-refractivity contribution is 5.76. The number of likely N-dealkylation sites (N-methyl/N-ethyl adjacent to an activating group) is 1. The SMILES string of the molecule is CCN(CC)CCOc1ccccc1CNC(=O)CCc1c(C)nc2nc(C(F)(F)F)nn2c1C. The minimum absolute atomic E-state index is 0.113. The minimum atomic E-state index is -4.65. The van der Waals surface area contributed by atoms with Crippen molar-refractivity contribution in [2.24, 2.45) is 0 Å². The number of rotatable bonds is 11. The van der Waals surface area contributed by atoms with Gasteiger partial charge in [0.15, 0.2) is 0 Å². The second kappa shape index (κ2) is 11.5. The summed E-state index contributed by atoms with van der Waals surface area (Å²) in [4.78, 5) is 22.4. The highest BCUT2D eigenvalue weighted by Gasteiger charge is 2.37. The van der Waals surface area contributed by atoms with E-state index in [0.717, 1.165) is 35.5 Å². The molecule has 35 heavy (non-hydrogen) atoms. The molecule has 0 unspecified atom stereocenters. The zero-order valence-corrected chi connectivity index (χ0v) is 20.4. The quantitative estimate of drug-likeness (QED) is 0.439. The number of ether oxygens (including phenoxy) is 1. The fourth-order valence-corrected chi connectivity index (χ4v) is 3.83. The largest absolute Gasteiger partial charge is 0.492 e. The van der Waals surface area contributed by atoms with Gasteiger partial charge >= 0.3 is 6.18 Å². The molecule has 0 atom stereocenters. The molecule has 2 aromatic heterocycles. The van der Waals surface area contributed by atoms with E-state index in [1.807, 2.05) is 24.3 Å². The molecule has 3 rings (SSSR count). The topological polar surface area (TPSA) is 84.6 Å². The third kappa shape index (κ3) is 6.68. The van der Waals surface area contributed by atoms with Crippen LogP contribution in [0.4, 0.5) is 13.2 Å². The van der Waals surface area contributed by atoms with E-state index in [1.54, 1.807) is 13.8 Å². The summed E-state index contributed by atoms with van der Waals surface area (Å²) in [5.74, 6) is -0.803. The van der Waals surface area contributed by atoms with Crippen LogP contribution in [0, 0.1) is 13.8 Å². The average molecular weight is 493 g/mol. The van der Waals surface area contributed by atoms with Crippen molar-refractivity contribution in [3.8, 4) is 5.75 Å². The molecule has 0 aliphatic rings. The Labute approximate surface area is 202 Å². The molecule has 1 N–H and O–H groups in total. The molecule has 11 heteroatoms. The van der Waals surface area contributed by atoms with Gasteiger partial charge < -0.3 is 15.0 Å². The standard InChI is InChI=1S/C24H31F3N6O2/c1-5-32(6-2)13-14-35-20-10-8-7-9-18(20)15-28-21(34)12-11-19-16(3)29-23-30-22(24(25,26)27)31-33(23)17(19)4/h7-10H,5-6,11-15H2,1-4H3,(H,28,34). The van der Waals surface area contributed by atoms with Crippen molar-refractivity contribution in [3.63, 3.8) is 0 Å². The number of carbonyl (C=O) groups excluding carboxylic acids is 1. The van der Waals surface area contributed by atoms with E-state index in [0.29, 0.717) is 36.5 Å². The van der Waals surface area contributed by atoms with E-state index in [2.05, 4.69) is 39.1 Å². The van der Waals surface area contributed by atoms with Crippen LogP contribution in [0.25, 0.3) is 5.78 Å². The predicted molar refractivity (Wildman–Crippen MR) is 125 cm³/mol. The molecule has 0 radical (unpaired) electrons. The summed E-state index contributed by atoms with van der Waals surface area (Å²) in [6, 6.07) is 7.56. The van der Waals surface area contributed by atoms with Crippen LogP contribution in [0.5, 0.6) is 5.75 Å². The Bertz CT molecular complexity index is 1160. The average Bonchev–Trinajstić information content (AvgIpc) is 3.26. The second-order valence-corrected chi connectivity index (χ2v) is 8.17. The van der Waals surface area contributed by atoms with Crippen LogP contribution < -0.4 is 10.1 Å². The zero-order valence-electron chi connectivity index (χ0n) is 20.4. The van der Waals surface area contributed by atoms with E-state index >= 15 is 0 Å². The van der Waals surface area contributed by atoms with Crippen molar-refractivity contribution < 1.29 is 22.7 Å². The third-order valence-corrected chi connectivity index (χ3v) is 5.91. The van der Waals surface area contributed by atoms with Crippen molar-refractivity contribution in [2.45, 2.75) is 53.3 Å². The number of nitrogens with zero attached hydrogens (tertiary/aromatic N) is 5. The van der Waals surface area contributed by atoms with Crippen LogP contribution >= 0.6 is 0 Å². The summed E-state index contributed by atoms with van der Waals surface area (Å²) in [5, 5.41) is 6.44. The number of benzene rings is 1. The Kier molecular flexibility index (Phi) is 8.66. The van der Waals surface area contributed by atoms with Crippen molar-refractivity contribution >= 4 is 11.7 Å². The summed E-state index contributed by atoms with van der Waals surface area (Å²) in [6.07, 6.45) is -4.18. The Hall–Kier alpha value is -3.21. The summed E-state index contributed by atoms with van der Waals surface area (Å²) in [7, 11) is 0. The number of carbonyl (C=O) groups is 1. The molecule has 0 fully saturated rings. The minimum Gasteiger partial charge on any atom is -0.492 e. The maximum atomic E-state index is 13.0. The van der Waals surface area contributed by atoms with Crippen LogP contribution in [-0.2, 0) is 23.9 Å². The van der Waals surface area contributed by atoms with Crippen molar-refractivity contribution in [1.29, 1.82) is 0 Å². The van der Waals surface area contributed by atoms with Gasteiger partial charge in [0.2, 0.25) is 5.91 Å². The van der Waals surface area contributed by atoms with Crippen LogP contribution in [0.1, 0.15) is 48.6 Å². The van der Waals surface area contributed by atoms with Crippen LogP contribution in [0.3, 0.4) is 0 Å². The fraction of sp³-hybridized carbons (Fsp3) is 0.500. The molecule has 8 nitrogen and oxygen atoms in total. The van der Waals surface area contributed by atoms with Gasteiger partial charge in [-0.05, 0) is 45.0 Å². The maximum absolute atomic E-state index is 13.0. The monoisotopic (exact) mass is 492 g/mol. The van der Waals surface area contributed by atoms with Gasteiger partial charge in [-0.2, -0.15) is 18.2 Å². The molecule has 1 aromatic carbocycles.